The van der Waals surface area contributed by atoms with Crippen LogP contribution in [0, 0.1) is 5.92 Å². The Balaban J connectivity index is 1.93. The lowest BCUT2D eigenvalue weighted by atomic mass is 9.82. The van der Waals surface area contributed by atoms with E-state index < -0.39 is 24.1 Å². The van der Waals surface area contributed by atoms with Crippen LogP contribution < -0.4 is 10.9 Å². The maximum absolute atomic E-state index is 11.9. The van der Waals surface area contributed by atoms with E-state index in [0.717, 1.165) is 0 Å². The minimum atomic E-state index is -1.02. The highest BCUT2D eigenvalue weighted by Gasteiger charge is 2.41. The summed E-state index contributed by atoms with van der Waals surface area (Å²) in [6, 6.07) is 9.80. The highest BCUT2D eigenvalue weighted by atomic mass is 16.5. The second kappa shape index (κ2) is 7.91. The molecule has 0 radical (unpaired) electrons. The van der Waals surface area contributed by atoms with E-state index in [9.17, 15) is 14.7 Å². The monoisotopic (exact) mass is 374 g/mol. The summed E-state index contributed by atoms with van der Waals surface area (Å²) in [6.45, 7) is 1.90. The van der Waals surface area contributed by atoms with Crippen LogP contribution in [0.3, 0.4) is 0 Å². The van der Waals surface area contributed by atoms with Crippen molar-refractivity contribution in [2.75, 3.05) is 7.11 Å². The fourth-order valence-electron chi connectivity index (χ4n) is 3.45. The van der Waals surface area contributed by atoms with Crippen LogP contribution >= 0.6 is 0 Å². The summed E-state index contributed by atoms with van der Waals surface area (Å²) in [7, 11) is 1.31. The number of carbonyl (C=O) groups excluding carboxylic acids is 1. The lowest BCUT2D eigenvalue weighted by Crippen LogP contribution is -2.33. The molecule has 3 rings (SSSR count). The third-order valence-electron chi connectivity index (χ3n) is 4.87. The quantitative estimate of drug-likeness (QED) is 0.564. The van der Waals surface area contributed by atoms with E-state index in [2.05, 4.69) is 10.9 Å². The number of carboxylic acid groups (broad SMARTS) is 1. The molecule has 27 heavy (non-hydrogen) atoms. The van der Waals surface area contributed by atoms with Crippen LogP contribution in [-0.2, 0) is 9.53 Å². The molecule has 1 aliphatic rings. The highest BCUT2D eigenvalue weighted by Crippen LogP contribution is 2.37. The molecular weight excluding hydrogens is 352 g/mol. The number of methoxy groups -OCH3 is 1. The fourth-order valence-corrected chi connectivity index (χ4v) is 3.45. The second-order valence-corrected chi connectivity index (χ2v) is 6.57. The number of esters is 1. The van der Waals surface area contributed by atoms with Gasteiger partial charge in [-0.25, -0.2) is 10.2 Å². The second-order valence-electron chi connectivity index (χ2n) is 6.57. The normalized spacial score (nSPS) is 23.1. The van der Waals surface area contributed by atoms with Gasteiger partial charge in [0.1, 0.15) is 17.7 Å². The number of benzene rings is 1. The number of carboxylic acids is 1. The van der Waals surface area contributed by atoms with E-state index in [4.69, 9.17) is 14.3 Å². The summed E-state index contributed by atoms with van der Waals surface area (Å²) in [5.41, 5.74) is 6.50. The van der Waals surface area contributed by atoms with Crippen molar-refractivity contribution < 1.29 is 29.0 Å². The van der Waals surface area contributed by atoms with Crippen LogP contribution in [0.2, 0.25) is 0 Å². The molecule has 2 aromatic rings. The minimum absolute atomic E-state index is 0.0496. The van der Waals surface area contributed by atoms with Crippen LogP contribution in [0.25, 0.3) is 11.3 Å². The predicted molar refractivity (Wildman–Crippen MR) is 95.7 cm³/mol. The standard InChI is InChI=1S/C19H22N2O6/c1-10-17(18(23)21-20-10)13(9-16(22)26-2)15-7-6-14(27-15)11-4-3-5-12(8-11)19(24)25/h3-8,10,13,17-18,20-21,23H,9H2,1-2H3,(H,24,25). The maximum Gasteiger partial charge on any atom is 0.335 e. The number of hydrogen-bond acceptors (Lipinski definition) is 7. The van der Waals surface area contributed by atoms with E-state index in [-0.39, 0.29) is 23.9 Å². The number of furan rings is 1. The van der Waals surface area contributed by atoms with Gasteiger partial charge < -0.3 is 19.4 Å². The number of aliphatic hydroxyl groups excluding tert-OH is 1. The Morgan fingerprint density at radius 2 is 2.04 bits per heavy atom. The van der Waals surface area contributed by atoms with Crippen molar-refractivity contribution in [3.63, 3.8) is 0 Å². The third kappa shape index (κ3) is 4.02. The molecule has 0 aliphatic carbocycles. The van der Waals surface area contributed by atoms with E-state index in [1.165, 1.54) is 19.2 Å². The van der Waals surface area contributed by atoms with Crippen molar-refractivity contribution in [1.29, 1.82) is 0 Å². The molecule has 0 saturated carbocycles. The SMILES string of the molecule is COC(=O)CC(c1ccc(-c2cccc(C(=O)O)c2)o1)C1C(C)NNC1O. The van der Waals surface area contributed by atoms with Crippen molar-refractivity contribution in [1.82, 2.24) is 10.9 Å². The van der Waals surface area contributed by atoms with Gasteiger partial charge >= 0.3 is 11.9 Å². The predicted octanol–water partition coefficient (Wildman–Crippen LogP) is 1.72. The highest BCUT2D eigenvalue weighted by molar-refractivity contribution is 5.89. The molecule has 1 saturated heterocycles. The van der Waals surface area contributed by atoms with Gasteiger partial charge in [-0.05, 0) is 31.2 Å². The lowest BCUT2D eigenvalue weighted by molar-refractivity contribution is -0.141. The van der Waals surface area contributed by atoms with Crippen LogP contribution in [0.5, 0.6) is 0 Å². The molecule has 0 bridgehead atoms. The number of rotatable bonds is 6. The van der Waals surface area contributed by atoms with E-state index >= 15 is 0 Å². The molecular formula is C19H22N2O6. The lowest BCUT2D eigenvalue weighted by Gasteiger charge is -2.25. The average Bonchev–Trinajstić information content (AvgIpc) is 3.27. The topological polar surface area (TPSA) is 121 Å². The number of ether oxygens (including phenoxy) is 1. The summed E-state index contributed by atoms with van der Waals surface area (Å²) in [5, 5.41) is 19.4. The van der Waals surface area contributed by atoms with Crippen molar-refractivity contribution in [3.05, 3.63) is 47.7 Å². The van der Waals surface area contributed by atoms with E-state index in [0.29, 0.717) is 17.1 Å². The number of carbonyl (C=O) groups is 2. The zero-order valence-corrected chi connectivity index (χ0v) is 15.0. The number of nitrogens with one attached hydrogen (secondary N) is 2. The van der Waals surface area contributed by atoms with Crippen LogP contribution in [0.4, 0.5) is 0 Å². The number of hydrogen-bond donors (Lipinski definition) is 4. The van der Waals surface area contributed by atoms with Gasteiger partial charge in [0.25, 0.3) is 0 Å². The Hall–Kier alpha value is -2.68. The summed E-state index contributed by atoms with van der Waals surface area (Å²) in [5.74, 6) is -1.14. The Kier molecular flexibility index (Phi) is 5.59. The van der Waals surface area contributed by atoms with Gasteiger partial charge in [-0.3, -0.25) is 10.2 Å². The van der Waals surface area contributed by atoms with Crippen molar-refractivity contribution in [3.8, 4) is 11.3 Å². The van der Waals surface area contributed by atoms with Crippen LogP contribution in [0.15, 0.2) is 40.8 Å². The smallest absolute Gasteiger partial charge is 0.335 e. The molecule has 1 aliphatic heterocycles. The molecule has 0 amide bonds. The minimum Gasteiger partial charge on any atom is -0.478 e. The Labute approximate surface area is 156 Å². The molecule has 8 nitrogen and oxygen atoms in total. The zero-order valence-electron chi connectivity index (χ0n) is 15.0. The van der Waals surface area contributed by atoms with Crippen LogP contribution in [0.1, 0.15) is 35.4 Å². The van der Waals surface area contributed by atoms with Gasteiger partial charge in [-0.15, -0.1) is 0 Å². The van der Waals surface area contributed by atoms with Gasteiger partial charge in [0.2, 0.25) is 0 Å². The largest absolute Gasteiger partial charge is 0.478 e. The summed E-state index contributed by atoms with van der Waals surface area (Å²) >= 11 is 0. The van der Waals surface area contributed by atoms with Crippen molar-refractivity contribution >= 4 is 11.9 Å². The molecule has 4 N–H and O–H groups in total. The molecule has 4 atom stereocenters. The number of aliphatic hydroxyl groups is 1. The molecule has 1 aromatic heterocycles. The van der Waals surface area contributed by atoms with Gasteiger partial charge in [-0.1, -0.05) is 12.1 Å². The van der Waals surface area contributed by atoms with E-state index in [1.807, 2.05) is 6.92 Å². The summed E-state index contributed by atoms with van der Waals surface area (Å²) < 4.78 is 10.8. The Morgan fingerprint density at radius 1 is 1.26 bits per heavy atom. The first-order valence-corrected chi connectivity index (χ1v) is 8.60. The number of aromatic carboxylic acids is 1. The summed E-state index contributed by atoms with van der Waals surface area (Å²) in [4.78, 5) is 23.1. The Bertz CT molecular complexity index is 823. The first-order chi connectivity index (χ1) is 12.9. The molecule has 144 valence electrons. The van der Waals surface area contributed by atoms with Crippen LogP contribution in [-0.4, -0.2) is 41.5 Å². The van der Waals surface area contributed by atoms with Gasteiger partial charge in [0, 0.05) is 23.4 Å². The average molecular weight is 374 g/mol. The molecule has 1 fully saturated rings. The van der Waals surface area contributed by atoms with Crippen molar-refractivity contribution in [2.24, 2.45) is 5.92 Å². The first kappa shape index (κ1) is 19.1. The van der Waals surface area contributed by atoms with Gasteiger partial charge in [0.15, 0.2) is 0 Å². The van der Waals surface area contributed by atoms with Gasteiger partial charge in [0.05, 0.1) is 19.1 Å². The van der Waals surface area contributed by atoms with Crippen molar-refractivity contribution in [2.45, 2.75) is 31.5 Å². The van der Waals surface area contributed by atoms with Gasteiger partial charge in [-0.2, -0.15) is 0 Å². The Morgan fingerprint density at radius 3 is 2.67 bits per heavy atom. The molecule has 8 heteroatoms. The third-order valence-corrected chi connectivity index (χ3v) is 4.87. The first-order valence-electron chi connectivity index (χ1n) is 8.60. The maximum atomic E-state index is 11.9. The summed E-state index contributed by atoms with van der Waals surface area (Å²) in [6.07, 6.45) is -0.799. The molecule has 4 unspecified atom stereocenters. The number of hydrazine groups is 1. The molecule has 0 spiro atoms. The van der Waals surface area contributed by atoms with E-state index in [1.54, 1.807) is 24.3 Å². The molecule has 1 aromatic carbocycles. The molecule has 2 heterocycles. The fraction of sp³-hybridized carbons (Fsp3) is 0.368. The zero-order chi connectivity index (χ0) is 19.6.